The zero-order valence-corrected chi connectivity index (χ0v) is 11.2. The van der Waals surface area contributed by atoms with Gasteiger partial charge in [-0.1, -0.05) is 18.5 Å². The van der Waals surface area contributed by atoms with Gasteiger partial charge in [-0.2, -0.15) is 0 Å². The molecule has 1 saturated heterocycles. The maximum atomic E-state index is 11.0. The average molecular weight is 269 g/mol. The van der Waals surface area contributed by atoms with Crippen molar-refractivity contribution in [3.8, 4) is 0 Å². The van der Waals surface area contributed by atoms with Gasteiger partial charge in [0, 0.05) is 13.1 Å². The summed E-state index contributed by atoms with van der Waals surface area (Å²) in [5.41, 5.74) is 0.197. The van der Waals surface area contributed by atoms with Crippen LogP contribution in [0.1, 0.15) is 36.5 Å². The Kier molecular flexibility index (Phi) is 4.07. The minimum absolute atomic E-state index is 0.197. The molecule has 5 heteroatoms. The monoisotopic (exact) mass is 268 g/mol. The molecule has 1 aromatic rings. The Morgan fingerprint density at radius 2 is 2.22 bits per heavy atom. The zero-order valence-electron chi connectivity index (χ0n) is 10.4. The van der Waals surface area contributed by atoms with Gasteiger partial charge in [-0.3, -0.25) is 0 Å². The number of carboxylic acids is 1. The van der Waals surface area contributed by atoms with Gasteiger partial charge >= 0.3 is 5.97 Å². The highest BCUT2D eigenvalue weighted by molar-refractivity contribution is 6.29. The summed E-state index contributed by atoms with van der Waals surface area (Å²) in [6.07, 6.45) is 3.43. The molecule has 0 aromatic carbocycles. The number of aromatic nitrogens is 1. The van der Waals surface area contributed by atoms with Crippen molar-refractivity contribution in [1.29, 1.82) is 0 Å². The Morgan fingerprint density at radius 1 is 1.44 bits per heavy atom. The number of carboxylic acid groups (broad SMARTS) is 1. The molecule has 1 N–H and O–H groups in total. The molecular weight excluding hydrogens is 252 g/mol. The van der Waals surface area contributed by atoms with Crippen molar-refractivity contribution >= 4 is 23.4 Å². The highest BCUT2D eigenvalue weighted by atomic mass is 35.5. The fraction of sp³-hybridized carbons (Fsp3) is 0.538. The van der Waals surface area contributed by atoms with Crippen LogP contribution in [0.5, 0.6) is 0 Å². The van der Waals surface area contributed by atoms with Crippen molar-refractivity contribution in [2.24, 2.45) is 5.92 Å². The molecule has 1 aromatic heterocycles. The second kappa shape index (κ2) is 5.57. The van der Waals surface area contributed by atoms with Crippen molar-refractivity contribution in [2.75, 3.05) is 18.0 Å². The largest absolute Gasteiger partial charge is 0.478 e. The van der Waals surface area contributed by atoms with E-state index >= 15 is 0 Å². The van der Waals surface area contributed by atoms with E-state index in [1.165, 1.54) is 12.5 Å². The molecule has 2 rings (SSSR count). The van der Waals surface area contributed by atoms with Gasteiger partial charge in [0.15, 0.2) is 0 Å². The topological polar surface area (TPSA) is 53.4 Å². The van der Waals surface area contributed by atoms with E-state index in [1.54, 1.807) is 6.07 Å². The molecule has 0 aliphatic carbocycles. The van der Waals surface area contributed by atoms with E-state index in [1.807, 2.05) is 0 Å². The quantitative estimate of drug-likeness (QED) is 0.838. The van der Waals surface area contributed by atoms with Crippen molar-refractivity contribution in [2.45, 2.75) is 26.2 Å². The lowest BCUT2D eigenvalue weighted by atomic mass is 10.0. The number of anilines is 1. The number of halogens is 1. The molecule has 1 fully saturated rings. The molecular formula is C13H17ClN2O2. The molecule has 0 saturated carbocycles. The third-order valence-corrected chi connectivity index (χ3v) is 3.56. The van der Waals surface area contributed by atoms with Crippen LogP contribution in [0.4, 0.5) is 5.82 Å². The molecule has 1 unspecified atom stereocenters. The first-order valence-corrected chi connectivity index (χ1v) is 6.60. The highest BCUT2D eigenvalue weighted by Gasteiger charge is 2.17. The Hall–Kier alpha value is -1.29. The molecule has 1 aliphatic heterocycles. The maximum Gasteiger partial charge on any atom is 0.335 e. The van der Waals surface area contributed by atoms with E-state index in [0.29, 0.717) is 11.7 Å². The molecule has 2 heterocycles. The SMILES string of the molecule is CC1CCCN(c2cc(C(=O)O)cc(Cl)n2)CC1. The molecule has 18 heavy (non-hydrogen) atoms. The van der Waals surface area contributed by atoms with Crippen LogP contribution in [0.2, 0.25) is 5.15 Å². The molecule has 0 spiro atoms. The molecule has 0 amide bonds. The fourth-order valence-corrected chi connectivity index (χ4v) is 2.46. The number of aromatic carboxylic acids is 1. The van der Waals surface area contributed by atoms with Gasteiger partial charge in [-0.05, 0) is 37.3 Å². The van der Waals surface area contributed by atoms with Crippen LogP contribution in [0, 0.1) is 5.92 Å². The van der Waals surface area contributed by atoms with E-state index in [0.717, 1.165) is 25.9 Å². The molecule has 0 radical (unpaired) electrons. The summed E-state index contributed by atoms with van der Waals surface area (Å²) in [6, 6.07) is 2.98. The molecule has 1 aliphatic rings. The average Bonchev–Trinajstić information content (AvgIpc) is 2.53. The van der Waals surface area contributed by atoms with Gasteiger partial charge in [0.25, 0.3) is 0 Å². The Bertz CT molecular complexity index is 451. The van der Waals surface area contributed by atoms with Crippen LogP contribution in [-0.2, 0) is 0 Å². The summed E-state index contributed by atoms with van der Waals surface area (Å²) in [5, 5.41) is 9.26. The predicted molar refractivity (Wildman–Crippen MR) is 71.4 cm³/mol. The lowest BCUT2D eigenvalue weighted by Crippen LogP contribution is -2.25. The highest BCUT2D eigenvalue weighted by Crippen LogP contribution is 2.23. The predicted octanol–water partition coefficient (Wildman–Crippen LogP) is 3.06. The Morgan fingerprint density at radius 3 is 2.94 bits per heavy atom. The van der Waals surface area contributed by atoms with Crippen LogP contribution in [0.3, 0.4) is 0 Å². The summed E-state index contributed by atoms with van der Waals surface area (Å²) in [4.78, 5) is 17.4. The van der Waals surface area contributed by atoms with Crippen LogP contribution in [-0.4, -0.2) is 29.1 Å². The minimum atomic E-state index is -0.969. The first kappa shape index (κ1) is 13.1. The second-order valence-electron chi connectivity index (χ2n) is 4.87. The van der Waals surface area contributed by atoms with Gasteiger partial charge in [-0.15, -0.1) is 0 Å². The number of nitrogens with zero attached hydrogens (tertiary/aromatic N) is 2. The Labute approximate surface area is 112 Å². The summed E-state index contributed by atoms with van der Waals surface area (Å²) in [5.74, 6) is 0.422. The molecule has 0 bridgehead atoms. The number of pyridine rings is 1. The third-order valence-electron chi connectivity index (χ3n) is 3.37. The lowest BCUT2D eigenvalue weighted by molar-refractivity contribution is 0.0697. The van der Waals surface area contributed by atoms with E-state index in [2.05, 4.69) is 16.8 Å². The van der Waals surface area contributed by atoms with E-state index in [-0.39, 0.29) is 10.7 Å². The van der Waals surface area contributed by atoms with Gasteiger partial charge in [0.1, 0.15) is 11.0 Å². The summed E-state index contributed by atoms with van der Waals surface area (Å²) in [7, 11) is 0. The van der Waals surface area contributed by atoms with Crippen LogP contribution in [0.25, 0.3) is 0 Å². The molecule has 98 valence electrons. The van der Waals surface area contributed by atoms with Crippen LogP contribution in [0.15, 0.2) is 12.1 Å². The fourth-order valence-electron chi connectivity index (χ4n) is 2.26. The number of rotatable bonds is 2. The third kappa shape index (κ3) is 3.13. The van der Waals surface area contributed by atoms with Gasteiger partial charge < -0.3 is 10.0 Å². The summed E-state index contributed by atoms with van der Waals surface area (Å²) in [6.45, 7) is 4.07. The summed E-state index contributed by atoms with van der Waals surface area (Å²) >= 11 is 5.88. The maximum absolute atomic E-state index is 11.0. The molecule has 1 atom stereocenters. The standard InChI is InChI=1S/C13H17ClN2O2/c1-9-3-2-5-16(6-4-9)12-8-10(13(17)18)7-11(14)15-12/h7-9H,2-6H2,1H3,(H,17,18). The molecule has 4 nitrogen and oxygen atoms in total. The van der Waals surface area contributed by atoms with Gasteiger partial charge in [-0.25, -0.2) is 9.78 Å². The first-order valence-electron chi connectivity index (χ1n) is 6.22. The van der Waals surface area contributed by atoms with Crippen molar-refractivity contribution in [3.63, 3.8) is 0 Å². The zero-order chi connectivity index (χ0) is 13.1. The van der Waals surface area contributed by atoms with Crippen LogP contribution < -0.4 is 4.90 Å². The number of hydrogen-bond acceptors (Lipinski definition) is 3. The number of carbonyl (C=O) groups is 1. The van der Waals surface area contributed by atoms with E-state index in [4.69, 9.17) is 16.7 Å². The van der Waals surface area contributed by atoms with Gasteiger partial charge in [0.05, 0.1) is 5.56 Å². The lowest BCUT2D eigenvalue weighted by Gasteiger charge is -2.22. The van der Waals surface area contributed by atoms with Crippen molar-refractivity contribution in [3.05, 3.63) is 22.8 Å². The van der Waals surface area contributed by atoms with Crippen LogP contribution >= 0.6 is 11.6 Å². The number of hydrogen-bond donors (Lipinski definition) is 1. The Balaban J connectivity index is 2.24. The second-order valence-corrected chi connectivity index (χ2v) is 5.25. The van der Waals surface area contributed by atoms with Crippen molar-refractivity contribution < 1.29 is 9.90 Å². The normalized spacial score (nSPS) is 20.6. The van der Waals surface area contributed by atoms with Crippen molar-refractivity contribution in [1.82, 2.24) is 4.98 Å². The smallest absolute Gasteiger partial charge is 0.335 e. The minimum Gasteiger partial charge on any atom is -0.478 e. The first-order chi connectivity index (χ1) is 8.56. The summed E-state index contributed by atoms with van der Waals surface area (Å²) < 4.78 is 0. The van der Waals surface area contributed by atoms with E-state index in [9.17, 15) is 4.79 Å². The van der Waals surface area contributed by atoms with E-state index < -0.39 is 5.97 Å². The van der Waals surface area contributed by atoms with Gasteiger partial charge in [0.2, 0.25) is 0 Å².